The Balaban J connectivity index is 3.32. The van der Waals surface area contributed by atoms with Gasteiger partial charge in [-0.1, -0.05) is 18.2 Å². The van der Waals surface area contributed by atoms with Crippen LogP contribution in [-0.2, 0) is 19.1 Å². The van der Waals surface area contributed by atoms with Gasteiger partial charge >= 0.3 is 11.9 Å². The summed E-state index contributed by atoms with van der Waals surface area (Å²) in [6, 6.07) is 5.24. The average molecular weight is 322 g/mol. The zero-order valence-electron chi connectivity index (χ0n) is 13.6. The van der Waals surface area contributed by atoms with Crippen molar-refractivity contribution in [1.29, 1.82) is 0 Å². The highest BCUT2D eigenvalue weighted by molar-refractivity contribution is 6.11. The number of hydrogen-bond donors (Lipinski definition) is 2. The molecule has 1 amide bonds. The largest absolute Gasteiger partial charge is 0.479 e. The van der Waals surface area contributed by atoms with Crippen LogP contribution in [0.25, 0.3) is 0 Å². The minimum atomic E-state index is -1.81. The number of rotatable bonds is 5. The van der Waals surface area contributed by atoms with Crippen molar-refractivity contribution in [2.24, 2.45) is 5.73 Å². The van der Waals surface area contributed by atoms with E-state index in [-0.39, 0.29) is 5.69 Å². The van der Waals surface area contributed by atoms with Crippen LogP contribution in [0, 0.1) is 0 Å². The molecule has 0 radical (unpaired) electrons. The minimum Gasteiger partial charge on any atom is -0.479 e. The van der Waals surface area contributed by atoms with Gasteiger partial charge in [0.05, 0.1) is 6.04 Å². The van der Waals surface area contributed by atoms with E-state index in [9.17, 15) is 19.5 Å². The van der Waals surface area contributed by atoms with Crippen molar-refractivity contribution >= 4 is 23.5 Å². The number of benzene rings is 1. The Morgan fingerprint density at radius 2 is 1.70 bits per heavy atom. The Kier molecular flexibility index (Phi) is 5.86. The Morgan fingerprint density at radius 3 is 2.09 bits per heavy atom. The van der Waals surface area contributed by atoms with E-state index in [0.29, 0.717) is 0 Å². The van der Waals surface area contributed by atoms with E-state index in [1.54, 1.807) is 39.0 Å². The van der Waals surface area contributed by atoms with E-state index < -0.39 is 35.5 Å². The van der Waals surface area contributed by atoms with E-state index in [2.05, 4.69) is 0 Å². The fourth-order valence-electron chi connectivity index (χ4n) is 1.89. The molecule has 3 N–H and O–H groups in total. The Bertz CT molecular complexity index is 578. The third-order valence-corrected chi connectivity index (χ3v) is 2.78. The van der Waals surface area contributed by atoms with Crippen LogP contribution in [0.3, 0.4) is 0 Å². The molecule has 0 saturated heterocycles. The summed E-state index contributed by atoms with van der Waals surface area (Å²) in [7, 11) is 0. The van der Waals surface area contributed by atoms with Gasteiger partial charge in [-0.15, -0.1) is 0 Å². The second-order valence-corrected chi connectivity index (χ2v) is 6.11. The van der Waals surface area contributed by atoms with Gasteiger partial charge in [-0.05, 0) is 39.8 Å². The Hall–Kier alpha value is -2.41. The molecular weight excluding hydrogens is 300 g/mol. The van der Waals surface area contributed by atoms with Crippen molar-refractivity contribution < 1.29 is 24.2 Å². The smallest absolute Gasteiger partial charge is 0.341 e. The first-order valence-corrected chi connectivity index (χ1v) is 7.14. The van der Waals surface area contributed by atoms with Gasteiger partial charge in [0.15, 0.2) is 0 Å². The van der Waals surface area contributed by atoms with Crippen LogP contribution in [0.1, 0.15) is 27.7 Å². The summed E-state index contributed by atoms with van der Waals surface area (Å²) in [5.74, 6) is -3.20. The number of para-hydroxylation sites is 1. The number of amides is 1. The van der Waals surface area contributed by atoms with Crippen molar-refractivity contribution in [2.45, 2.75) is 45.4 Å². The zero-order chi connectivity index (χ0) is 17.8. The molecule has 2 unspecified atom stereocenters. The Labute approximate surface area is 135 Å². The minimum absolute atomic E-state index is 0.257. The van der Waals surface area contributed by atoms with Crippen LogP contribution >= 0.6 is 0 Å². The van der Waals surface area contributed by atoms with Gasteiger partial charge in [0.25, 0.3) is 0 Å². The second-order valence-electron chi connectivity index (χ2n) is 6.11. The maximum Gasteiger partial charge on any atom is 0.341 e. The van der Waals surface area contributed by atoms with Crippen LogP contribution in [0.15, 0.2) is 30.3 Å². The lowest BCUT2D eigenvalue weighted by atomic mass is 10.1. The summed E-state index contributed by atoms with van der Waals surface area (Å²) in [5.41, 5.74) is 4.98. The number of esters is 1. The van der Waals surface area contributed by atoms with Crippen molar-refractivity contribution in [3.05, 3.63) is 30.3 Å². The number of carbonyl (C=O) groups excluding carboxylic acids is 2. The van der Waals surface area contributed by atoms with Crippen molar-refractivity contribution in [3.63, 3.8) is 0 Å². The normalized spacial score (nSPS) is 13.8. The van der Waals surface area contributed by atoms with Crippen LogP contribution in [0.4, 0.5) is 5.69 Å². The predicted octanol–water partition coefficient (Wildman–Crippen LogP) is 1.16. The first-order valence-electron chi connectivity index (χ1n) is 7.14. The number of aliphatic carboxylic acids is 1. The Morgan fingerprint density at radius 1 is 1.17 bits per heavy atom. The number of anilines is 1. The molecule has 126 valence electrons. The fraction of sp³-hybridized carbons (Fsp3) is 0.438. The molecule has 7 nitrogen and oxygen atoms in total. The zero-order valence-corrected chi connectivity index (χ0v) is 13.6. The first-order chi connectivity index (χ1) is 10.5. The predicted molar refractivity (Wildman–Crippen MR) is 84.8 cm³/mol. The molecule has 1 rings (SSSR count). The number of hydrogen-bond acceptors (Lipinski definition) is 5. The van der Waals surface area contributed by atoms with E-state index in [0.717, 1.165) is 4.90 Å². The van der Waals surface area contributed by atoms with E-state index in [1.165, 1.54) is 19.1 Å². The van der Waals surface area contributed by atoms with Crippen molar-refractivity contribution in [3.8, 4) is 0 Å². The van der Waals surface area contributed by atoms with Crippen LogP contribution in [-0.4, -0.2) is 40.6 Å². The molecule has 2 atom stereocenters. The molecule has 1 aromatic carbocycles. The fourth-order valence-corrected chi connectivity index (χ4v) is 1.89. The monoisotopic (exact) mass is 322 g/mol. The third kappa shape index (κ3) is 5.07. The molecule has 0 aliphatic carbocycles. The molecule has 0 spiro atoms. The van der Waals surface area contributed by atoms with Crippen molar-refractivity contribution in [1.82, 2.24) is 0 Å². The summed E-state index contributed by atoms with van der Waals surface area (Å²) < 4.78 is 5.14. The molecule has 0 aromatic heterocycles. The number of nitrogens with zero attached hydrogens (tertiary/aromatic N) is 1. The molecule has 1 aromatic rings. The molecule has 23 heavy (non-hydrogen) atoms. The molecule has 0 aliphatic rings. The molecule has 0 heterocycles. The highest BCUT2D eigenvalue weighted by Crippen LogP contribution is 2.20. The molecule has 0 fully saturated rings. The van der Waals surface area contributed by atoms with Crippen LogP contribution in [0.5, 0.6) is 0 Å². The van der Waals surface area contributed by atoms with Gasteiger partial charge in [0.1, 0.15) is 5.60 Å². The molecular formula is C16H22N2O5. The van der Waals surface area contributed by atoms with E-state index >= 15 is 0 Å². The van der Waals surface area contributed by atoms with Crippen molar-refractivity contribution in [2.75, 3.05) is 4.90 Å². The summed E-state index contributed by atoms with van der Waals surface area (Å²) in [4.78, 5) is 37.2. The molecule has 0 aliphatic heterocycles. The third-order valence-electron chi connectivity index (χ3n) is 2.78. The van der Waals surface area contributed by atoms with Gasteiger partial charge in [-0.25, -0.2) is 9.59 Å². The molecule has 7 heteroatoms. The average Bonchev–Trinajstić information content (AvgIpc) is 2.42. The standard InChI is InChI=1S/C16H22N2O5/c1-10(17)13(19)18(11-8-6-5-7-9-11)12(14(20)21)15(22)23-16(2,3)4/h5-10,12H,17H2,1-4H3,(H,20,21). The number of carboxylic acid groups (broad SMARTS) is 1. The van der Waals surface area contributed by atoms with Gasteiger partial charge in [0.2, 0.25) is 11.9 Å². The number of nitrogens with two attached hydrogens (primary N) is 1. The second kappa shape index (κ2) is 7.23. The number of ether oxygens (including phenoxy) is 1. The summed E-state index contributed by atoms with van der Waals surface area (Å²) in [6.45, 7) is 6.27. The quantitative estimate of drug-likeness (QED) is 0.622. The van der Waals surface area contributed by atoms with E-state index in [1.807, 2.05) is 0 Å². The van der Waals surface area contributed by atoms with Gasteiger partial charge in [-0.3, -0.25) is 9.69 Å². The summed E-state index contributed by atoms with van der Waals surface area (Å²) in [6.07, 6.45) is 0. The maximum absolute atomic E-state index is 12.4. The number of carboxylic acids is 1. The molecule has 0 saturated carbocycles. The summed E-state index contributed by atoms with van der Waals surface area (Å²) >= 11 is 0. The first kappa shape index (κ1) is 18.6. The van der Waals surface area contributed by atoms with Gasteiger partial charge in [0, 0.05) is 5.69 Å². The van der Waals surface area contributed by atoms with Gasteiger partial charge < -0.3 is 15.6 Å². The lowest BCUT2D eigenvalue weighted by Crippen LogP contribution is -2.55. The molecule has 0 bridgehead atoms. The number of carbonyl (C=O) groups is 3. The maximum atomic E-state index is 12.4. The topological polar surface area (TPSA) is 110 Å². The highest BCUT2D eigenvalue weighted by Gasteiger charge is 2.40. The lowest BCUT2D eigenvalue weighted by Gasteiger charge is -2.31. The van der Waals surface area contributed by atoms with Crippen LogP contribution in [0.2, 0.25) is 0 Å². The summed E-state index contributed by atoms with van der Waals surface area (Å²) in [5, 5.41) is 9.47. The van der Waals surface area contributed by atoms with Crippen LogP contribution < -0.4 is 10.6 Å². The van der Waals surface area contributed by atoms with E-state index in [4.69, 9.17) is 10.5 Å². The highest BCUT2D eigenvalue weighted by atomic mass is 16.6. The lowest BCUT2D eigenvalue weighted by molar-refractivity contribution is -0.163. The van der Waals surface area contributed by atoms with Gasteiger partial charge in [-0.2, -0.15) is 0 Å². The SMILES string of the molecule is CC(N)C(=O)N(c1ccccc1)C(C(=O)O)C(=O)OC(C)(C)C.